The SMILES string of the molecule is CCCCCCCCCCCCCCCC[SiH2]F. The number of halogens is 1. The lowest BCUT2D eigenvalue weighted by Gasteiger charge is -2.02. The molecule has 0 aliphatic rings. The monoisotopic (exact) mass is 274 g/mol. The highest BCUT2D eigenvalue weighted by Crippen LogP contribution is 2.13. The third-order valence-electron chi connectivity index (χ3n) is 3.74. The molecule has 2 heteroatoms. The Hall–Kier alpha value is 0.147. The first-order chi connectivity index (χ1) is 8.91. The smallest absolute Gasteiger partial charge is 0.216 e. The van der Waals surface area contributed by atoms with E-state index in [4.69, 9.17) is 0 Å². The molecular formula is C16H35FSi. The van der Waals surface area contributed by atoms with Crippen molar-refractivity contribution in [3.05, 3.63) is 0 Å². The highest BCUT2D eigenvalue weighted by Gasteiger charge is 1.94. The van der Waals surface area contributed by atoms with E-state index in [1.54, 1.807) is 0 Å². The summed E-state index contributed by atoms with van der Waals surface area (Å²) < 4.78 is 12.0. The quantitative estimate of drug-likeness (QED) is 0.197. The summed E-state index contributed by atoms with van der Waals surface area (Å²) >= 11 is 0. The Kier molecular flexibility index (Phi) is 17.3. The maximum atomic E-state index is 12.0. The molecule has 0 nitrogen and oxygen atoms in total. The molecule has 0 spiro atoms. The van der Waals surface area contributed by atoms with Crippen molar-refractivity contribution in [2.75, 3.05) is 0 Å². The van der Waals surface area contributed by atoms with Crippen molar-refractivity contribution in [3.8, 4) is 0 Å². The van der Waals surface area contributed by atoms with Gasteiger partial charge in [0.05, 0.1) is 0 Å². The van der Waals surface area contributed by atoms with Gasteiger partial charge >= 0.3 is 0 Å². The van der Waals surface area contributed by atoms with Crippen LogP contribution in [0.5, 0.6) is 0 Å². The van der Waals surface area contributed by atoms with Gasteiger partial charge in [-0.05, 0) is 6.04 Å². The summed E-state index contributed by atoms with van der Waals surface area (Å²) in [5.74, 6) is 0. The van der Waals surface area contributed by atoms with Crippen LogP contribution >= 0.6 is 0 Å². The van der Waals surface area contributed by atoms with Gasteiger partial charge in [-0.2, -0.15) is 0 Å². The molecule has 0 aliphatic carbocycles. The molecule has 0 unspecified atom stereocenters. The van der Waals surface area contributed by atoms with Crippen LogP contribution in [0, 0.1) is 0 Å². The minimum Gasteiger partial charge on any atom is -0.323 e. The third kappa shape index (κ3) is 16.1. The second-order valence-electron chi connectivity index (χ2n) is 5.64. The predicted molar refractivity (Wildman–Crippen MR) is 84.8 cm³/mol. The Morgan fingerprint density at radius 3 is 1.22 bits per heavy atom. The highest BCUT2D eigenvalue weighted by molar-refractivity contribution is 6.25. The number of hydrogen-bond donors (Lipinski definition) is 0. The lowest BCUT2D eigenvalue weighted by molar-refractivity contribution is 0.538. The fraction of sp³-hybridized carbons (Fsp3) is 1.00. The Balaban J connectivity index is 2.86. The molecule has 0 aromatic carbocycles. The van der Waals surface area contributed by atoms with E-state index < -0.39 is 9.85 Å². The molecule has 0 rings (SSSR count). The lowest BCUT2D eigenvalue weighted by atomic mass is 10.0. The van der Waals surface area contributed by atoms with Gasteiger partial charge in [0.2, 0.25) is 9.85 Å². The van der Waals surface area contributed by atoms with Crippen molar-refractivity contribution >= 4 is 9.85 Å². The Bertz CT molecular complexity index is 123. The molecular weight excluding hydrogens is 239 g/mol. The van der Waals surface area contributed by atoms with Crippen LogP contribution in [-0.2, 0) is 0 Å². The van der Waals surface area contributed by atoms with Gasteiger partial charge < -0.3 is 4.11 Å². The second kappa shape index (κ2) is 17.1. The zero-order valence-electron chi connectivity index (χ0n) is 12.7. The molecule has 110 valence electrons. The Morgan fingerprint density at radius 2 is 0.889 bits per heavy atom. The van der Waals surface area contributed by atoms with Gasteiger partial charge in [-0.25, -0.2) is 0 Å². The molecule has 0 aromatic heterocycles. The van der Waals surface area contributed by atoms with Crippen LogP contribution in [-0.4, -0.2) is 9.85 Å². The van der Waals surface area contributed by atoms with Gasteiger partial charge in [0.15, 0.2) is 0 Å². The highest BCUT2D eigenvalue weighted by atomic mass is 28.3. The molecule has 0 radical (unpaired) electrons. The summed E-state index contributed by atoms with van der Waals surface area (Å²) in [6.45, 7) is 2.28. The van der Waals surface area contributed by atoms with Crippen LogP contribution in [0.1, 0.15) is 96.8 Å². The molecule has 0 N–H and O–H groups in total. The third-order valence-corrected chi connectivity index (χ3v) is 4.50. The zero-order valence-corrected chi connectivity index (χ0v) is 14.1. The summed E-state index contributed by atoms with van der Waals surface area (Å²) in [5.41, 5.74) is 0. The number of rotatable bonds is 15. The maximum Gasteiger partial charge on any atom is 0.216 e. The van der Waals surface area contributed by atoms with Gasteiger partial charge in [0.1, 0.15) is 0 Å². The Morgan fingerprint density at radius 1 is 0.556 bits per heavy atom. The first-order valence-corrected chi connectivity index (χ1v) is 10.0. The minimum absolute atomic E-state index is 0.915. The van der Waals surface area contributed by atoms with E-state index in [0.29, 0.717) is 0 Å². The van der Waals surface area contributed by atoms with E-state index in [9.17, 15) is 4.11 Å². The van der Waals surface area contributed by atoms with Gasteiger partial charge in [-0.3, -0.25) is 0 Å². The average molecular weight is 275 g/mol. The normalized spacial score (nSPS) is 11.7. The number of hydrogen-bond acceptors (Lipinski definition) is 0. The fourth-order valence-electron chi connectivity index (χ4n) is 2.47. The van der Waals surface area contributed by atoms with Crippen molar-refractivity contribution in [3.63, 3.8) is 0 Å². The van der Waals surface area contributed by atoms with E-state index in [1.807, 2.05) is 0 Å². The summed E-state index contributed by atoms with van der Waals surface area (Å²) in [6.07, 6.45) is 19.4. The van der Waals surface area contributed by atoms with Crippen LogP contribution in [0.15, 0.2) is 0 Å². The van der Waals surface area contributed by atoms with Gasteiger partial charge in [0, 0.05) is 0 Å². The Labute approximate surface area is 117 Å². The molecule has 0 aromatic rings. The van der Waals surface area contributed by atoms with Crippen LogP contribution in [0.3, 0.4) is 0 Å². The second-order valence-corrected chi connectivity index (χ2v) is 6.72. The van der Waals surface area contributed by atoms with Crippen LogP contribution < -0.4 is 0 Å². The van der Waals surface area contributed by atoms with E-state index in [2.05, 4.69) is 6.92 Å². The molecule has 0 saturated heterocycles. The molecule has 0 atom stereocenters. The first kappa shape index (κ1) is 18.1. The molecule has 0 amide bonds. The van der Waals surface area contributed by atoms with Gasteiger partial charge in [0.25, 0.3) is 0 Å². The summed E-state index contributed by atoms with van der Waals surface area (Å²) in [7, 11) is -1.15. The van der Waals surface area contributed by atoms with Crippen LogP contribution in [0.4, 0.5) is 4.11 Å². The van der Waals surface area contributed by atoms with Crippen molar-refractivity contribution in [2.24, 2.45) is 0 Å². The van der Waals surface area contributed by atoms with Crippen molar-refractivity contribution in [2.45, 2.75) is 103 Å². The number of unbranched alkanes of at least 4 members (excludes halogenated alkanes) is 13. The summed E-state index contributed by atoms with van der Waals surface area (Å²) in [6, 6.07) is 0.915. The topological polar surface area (TPSA) is 0 Å². The summed E-state index contributed by atoms with van der Waals surface area (Å²) in [5, 5.41) is 0. The van der Waals surface area contributed by atoms with Crippen LogP contribution in [0.25, 0.3) is 0 Å². The molecule has 0 fully saturated rings. The van der Waals surface area contributed by atoms with Crippen molar-refractivity contribution in [1.29, 1.82) is 0 Å². The standard InChI is InChI=1S/C16H35FSi/c1-2-3-4-5-6-7-8-9-10-11-12-13-14-15-16-18-17/h2-16,18H2,1H3. The zero-order chi connectivity index (χ0) is 13.3. The van der Waals surface area contributed by atoms with E-state index in [0.717, 1.165) is 12.5 Å². The van der Waals surface area contributed by atoms with E-state index in [1.165, 1.54) is 83.5 Å². The molecule has 0 saturated carbocycles. The predicted octanol–water partition coefficient (Wildman–Crippen LogP) is 5.94. The van der Waals surface area contributed by atoms with Crippen LogP contribution in [0.2, 0.25) is 6.04 Å². The molecule has 0 bridgehead atoms. The van der Waals surface area contributed by atoms with Crippen molar-refractivity contribution < 1.29 is 4.11 Å². The van der Waals surface area contributed by atoms with Crippen molar-refractivity contribution in [1.82, 2.24) is 0 Å². The minimum atomic E-state index is -1.15. The average Bonchev–Trinajstić information content (AvgIpc) is 2.39. The lowest BCUT2D eigenvalue weighted by Crippen LogP contribution is -1.84. The molecule has 0 heterocycles. The molecule has 18 heavy (non-hydrogen) atoms. The summed E-state index contributed by atoms with van der Waals surface area (Å²) in [4.78, 5) is 0. The van der Waals surface area contributed by atoms with E-state index >= 15 is 0 Å². The largest absolute Gasteiger partial charge is 0.323 e. The van der Waals surface area contributed by atoms with Gasteiger partial charge in [-0.1, -0.05) is 96.8 Å². The first-order valence-electron chi connectivity index (χ1n) is 8.47. The fourth-order valence-corrected chi connectivity index (χ4v) is 3.01. The van der Waals surface area contributed by atoms with E-state index in [-0.39, 0.29) is 0 Å². The maximum absolute atomic E-state index is 12.0. The molecule has 0 aliphatic heterocycles. The van der Waals surface area contributed by atoms with Gasteiger partial charge in [-0.15, -0.1) is 0 Å².